The molecule has 0 N–H and O–H groups in total. The van der Waals surface area contributed by atoms with Crippen LogP contribution in [0.5, 0.6) is 16.7 Å². The Labute approximate surface area is 250 Å². The Hall–Kier alpha value is -4.03. The Bertz CT molecular complexity index is 1770. The molecule has 0 saturated heterocycles. The predicted molar refractivity (Wildman–Crippen MR) is 164 cm³/mol. The molecule has 0 saturated carbocycles. The van der Waals surface area contributed by atoms with Gasteiger partial charge in [-0.2, -0.15) is 0 Å². The van der Waals surface area contributed by atoms with Gasteiger partial charge in [-0.25, -0.2) is 14.3 Å². The summed E-state index contributed by atoms with van der Waals surface area (Å²) < 4.78 is 30.4. The van der Waals surface area contributed by atoms with Crippen molar-refractivity contribution in [1.82, 2.24) is 14.6 Å². The van der Waals surface area contributed by atoms with Crippen molar-refractivity contribution in [3.63, 3.8) is 0 Å². The zero-order valence-corrected chi connectivity index (χ0v) is 25.7. The van der Waals surface area contributed by atoms with E-state index in [-0.39, 0.29) is 17.3 Å². The second-order valence-electron chi connectivity index (χ2n) is 10.8. The lowest BCUT2D eigenvalue weighted by Crippen LogP contribution is -2.23. The van der Waals surface area contributed by atoms with Crippen LogP contribution in [0.1, 0.15) is 43.6 Å². The van der Waals surface area contributed by atoms with Crippen LogP contribution in [-0.2, 0) is 4.74 Å². The fourth-order valence-electron chi connectivity index (χ4n) is 4.45. The van der Waals surface area contributed by atoms with E-state index in [0.717, 1.165) is 16.0 Å². The number of hydrogen-bond donors (Lipinski definition) is 0. The number of imidazole rings is 1. The Morgan fingerprint density at radius 3 is 2.57 bits per heavy atom. The fraction of sp³-hybridized carbons (Fsp3) is 0.333. The van der Waals surface area contributed by atoms with E-state index >= 15 is 0 Å². The number of furan rings is 1. The molecule has 6 rings (SSSR count). The normalized spacial score (nSPS) is 17.0. The van der Waals surface area contributed by atoms with Crippen LogP contribution in [0.4, 0.5) is 0 Å². The molecule has 10 nitrogen and oxygen atoms in total. The number of carbonyl (C=O) groups excluding carboxylic acids is 1. The SMILES string of the molecule is COc1cc(OCC2N=C(c3ccc(C(=O)OC(C)(C)C)cc3)SC2C)c2cc(-c3cn4nc(OC)sc4n3)oc2c1. The first kappa shape index (κ1) is 28.1. The Morgan fingerprint density at radius 2 is 1.88 bits per heavy atom. The second kappa shape index (κ2) is 11.0. The van der Waals surface area contributed by atoms with Gasteiger partial charge in [0, 0.05) is 22.9 Å². The number of thioether (sulfide) groups is 1. The summed E-state index contributed by atoms with van der Waals surface area (Å²) in [6.45, 7) is 8.07. The van der Waals surface area contributed by atoms with E-state index < -0.39 is 5.60 Å². The van der Waals surface area contributed by atoms with Gasteiger partial charge in [0.2, 0.25) is 4.96 Å². The summed E-state index contributed by atoms with van der Waals surface area (Å²) in [7, 11) is 3.19. The highest BCUT2D eigenvalue weighted by molar-refractivity contribution is 8.15. The van der Waals surface area contributed by atoms with E-state index in [1.54, 1.807) is 48.8 Å². The third-order valence-electron chi connectivity index (χ3n) is 6.56. The molecule has 3 aromatic heterocycles. The van der Waals surface area contributed by atoms with Crippen LogP contribution < -0.4 is 14.2 Å². The van der Waals surface area contributed by atoms with Gasteiger partial charge in [-0.05, 0) is 50.3 Å². The van der Waals surface area contributed by atoms with Crippen molar-refractivity contribution < 1.29 is 28.2 Å². The van der Waals surface area contributed by atoms with Crippen molar-refractivity contribution in [2.24, 2.45) is 4.99 Å². The smallest absolute Gasteiger partial charge is 0.338 e. The molecule has 1 aliphatic heterocycles. The summed E-state index contributed by atoms with van der Waals surface area (Å²) in [6.07, 6.45) is 1.80. The number of fused-ring (bicyclic) bond motifs is 2. The lowest BCUT2D eigenvalue weighted by molar-refractivity contribution is 0.00695. The molecule has 0 amide bonds. The van der Waals surface area contributed by atoms with Crippen LogP contribution in [0, 0.1) is 0 Å². The van der Waals surface area contributed by atoms with Gasteiger partial charge in [0.15, 0.2) is 5.76 Å². The highest BCUT2D eigenvalue weighted by atomic mass is 32.2. The third kappa shape index (κ3) is 5.68. The Morgan fingerprint density at radius 1 is 1.10 bits per heavy atom. The monoisotopic (exact) mass is 606 g/mol. The summed E-state index contributed by atoms with van der Waals surface area (Å²) in [5.41, 5.74) is 2.21. The topological polar surface area (TPSA) is 110 Å². The predicted octanol–water partition coefficient (Wildman–Crippen LogP) is 6.51. The van der Waals surface area contributed by atoms with Gasteiger partial charge in [0.25, 0.3) is 5.19 Å². The third-order valence-corrected chi connectivity index (χ3v) is 8.69. The molecule has 5 aromatic rings. The summed E-state index contributed by atoms with van der Waals surface area (Å²) in [5, 5.41) is 6.81. The van der Waals surface area contributed by atoms with Gasteiger partial charge in [-0.3, -0.25) is 4.99 Å². The van der Waals surface area contributed by atoms with Crippen molar-refractivity contribution in [3.05, 3.63) is 59.8 Å². The van der Waals surface area contributed by atoms with Crippen LogP contribution in [0.25, 0.3) is 27.4 Å². The van der Waals surface area contributed by atoms with Crippen molar-refractivity contribution in [2.75, 3.05) is 20.8 Å². The van der Waals surface area contributed by atoms with E-state index in [9.17, 15) is 4.79 Å². The lowest BCUT2D eigenvalue weighted by Gasteiger charge is -2.19. The van der Waals surface area contributed by atoms with E-state index in [2.05, 4.69) is 17.0 Å². The number of benzene rings is 2. The summed E-state index contributed by atoms with van der Waals surface area (Å²) in [5.74, 6) is 1.52. The molecule has 1 aliphatic rings. The molecule has 0 radical (unpaired) electrons. The molecule has 0 bridgehead atoms. The van der Waals surface area contributed by atoms with E-state index in [1.165, 1.54) is 11.3 Å². The maximum absolute atomic E-state index is 12.4. The number of carbonyl (C=O) groups is 1. The lowest BCUT2D eigenvalue weighted by atomic mass is 10.1. The highest BCUT2D eigenvalue weighted by Crippen LogP contribution is 2.38. The van der Waals surface area contributed by atoms with Gasteiger partial charge in [-0.1, -0.05) is 19.1 Å². The van der Waals surface area contributed by atoms with Crippen LogP contribution in [0.15, 0.2) is 58.1 Å². The van der Waals surface area contributed by atoms with Gasteiger partial charge < -0.3 is 23.4 Å². The number of nitrogens with zero attached hydrogens (tertiary/aromatic N) is 4. The number of aliphatic imine (C=N–C) groups is 1. The number of ether oxygens (including phenoxy) is 4. The van der Waals surface area contributed by atoms with Crippen molar-refractivity contribution in [1.29, 1.82) is 0 Å². The zero-order chi connectivity index (χ0) is 29.6. The van der Waals surface area contributed by atoms with E-state index in [4.69, 9.17) is 28.4 Å². The molecule has 12 heteroatoms. The first-order valence-electron chi connectivity index (χ1n) is 13.3. The number of methoxy groups -OCH3 is 2. The number of rotatable bonds is 8. The van der Waals surface area contributed by atoms with Gasteiger partial charge in [0.05, 0.1) is 42.5 Å². The molecule has 2 unspecified atom stereocenters. The minimum absolute atomic E-state index is 0.0656. The maximum Gasteiger partial charge on any atom is 0.338 e. The Balaban J connectivity index is 1.20. The fourth-order valence-corrected chi connectivity index (χ4v) is 6.26. The molecule has 4 heterocycles. The average molecular weight is 607 g/mol. The maximum atomic E-state index is 12.4. The van der Waals surface area contributed by atoms with Crippen molar-refractivity contribution >= 4 is 50.0 Å². The average Bonchev–Trinajstić information content (AvgIpc) is 3.72. The van der Waals surface area contributed by atoms with Crippen molar-refractivity contribution in [3.8, 4) is 28.1 Å². The van der Waals surface area contributed by atoms with E-state index in [1.807, 2.05) is 51.1 Å². The molecule has 0 fully saturated rings. The highest BCUT2D eigenvalue weighted by Gasteiger charge is 2.29. The van der Waals surface area contributed by atoms with Crippen LogP contribution in [0.2, 0.25) is 0 Å². The number of hydrogen-bond acceptors (Lipinski definition) is 11. The molecule has 2 aromatic carbocycles. The quantitative estimate of drug-likeness (QED) is 0.183. The Kier molecular flexibility index (Phi) is 7.36. The van der Waals surface area contributed by atoms with E-state index in [0.29, 0.717) is 50.9 Å². The molecule has 2 atom stereocenters. The number of aromatic nitrogens is 3. The minimum Gasteiger partial charge on any atom is -0.496 e. The largest absolute Gasteiger partial charge is 0.496 e. The standard InChI is InChI=1S/C30H30N4O6S2/c1-16-22(31-26(41-16)17-7-9-18(10-8-17)27(35)40-30(2,3)4)15-38-23-11-19(36-5)12-24-20(23)13-25(39-24)21-14-34-28(32-21)42-29(33-34)37-6/h7-14,16,22H,15H2,1-6H3. The van der Waals surface area contributed by atoms with Crippen molar-refractivity contribution in [2.45, 2.75) is 44.6 Å². The van der Waals surface area contributed by atoms with Gasteiger partial charge >= 0.3 is 5.97 Å². The van der Waals surface area contributed by atoms with Gasteiger partial charge in [0.1, 0.15) is 35.0 Å². The first-order valence-corrected chi connectivity index (χ1v) is 15.0. The number of esters is 1. The molecule has 0 spiro atoms. The molecule has 218 valence electrons. The summed E-state index contributed by atoms with van der Waals surface area (Å²) >= 11 is 3.04. The van der Waals surface area contributed by atoms with Crippen LogP contribution in [0.3, 0.4) is 0 Å². The first-order chi connectivity index (χ1) is 20.1. The zero-order valence-electron chi connectivity index (χ0n) is 24.0. The summed E-state index contributed by atoms with van der Waals surface area (Å²) in [4.78, 5) is 22.7. The van der Waals surface area contributed by atoms with Crippen LogP contribution in [-0.4, -0.2) is 63.3 Å². The van der Waals surface area contributed by atoms with Gasteiger partial charge in [-0.15, -0.1) is 16.9 Å². The molecule has 42 heavy (non-hydrogen) atoms. The molecular weight excluding hydrogens is 576 g/mol. The molecular formula is C30H30N4O6S2. The second-order valence-corrected chi connectivity index (χ2v) is 13.1. The summed E-state index contributed by atoms with van der Waals surface area (Å²) in [6, 6.07) is 12.9. The molecule has 0 aliphatic carbocycles. The van der Waals surface area contributed by atoms with Crippen LogP contribution >= 0.6 is 23.1 Å². The minimum atomic E-state index is -0.543.